The monoisotopic (exact) mass is 520 g/mol. The minimum Gasteiger partial charge on any atom is -0.480 e. The van der Waals surface area contributed by atoms with Crippen LogP contribution in [0.15, 0.2) is 71.6 Å². The molecule has 3 aromatic rings. The second-order valence-electron chi connectivity index (χ2n) is 7.90. The van der Waals surface area contributed by atoms with Crippen LogP contribution in [0.2, 0.25) is 10.0 Å². The summed E-state index contributed by atoms with van der Waals surface area (Å²) in [6.07, 6.45) is 0. The summed E-state index contributed by atoms with van der Waals surface area (Å²) in [7, 11) is -3.92. The Labute approximate surface area is 207 Å². The molecule has 0 aromatic heterocycles. The van der Waals surface area contributed by atoms with Gasteiger partial charge in [-0.15, -0.1) is 0 Å². The van der Waals surface area contributed by atoms with Gasteiger partial charge in [0.05, 0.1) is 4.90 Å². The molecular formula is C24H22Cl2N2O5S. The van der Waals surface area contributed by atoms with Crippen molar-refractivity contribution < 1.29 is 23.1 Å². The Morgan fingerprint density at radius 1 is 0.882 bits per heavy atom. The lowest BCUT2D eigenvalue weighted by Gasteiger charge is -2.18. The maximum atomic E-state index is 12.7. The Hall–Kier alpha value is -3.07. The molecule has 0 heterocycles. The fraction of sp³-hybridized carbons (Fsp3) is 0.167. The Kier molecular flexibility index (Phi) is 7.86. The fourth-order valence-corrected chi connectivity index (χ4v) is 4.99. The average molecular weight is 521 g/mol. The minimum absolute atomic E-state index is 0.0631. The van der Waals surface area contributed by atoms with Gasteiger partial charge in [-0.1, -0.05) is 61.3 Å². The molecule has 178 valence electrons. The van der Waals surface area contributed by atoms with Gasteiger partial charge in [0.15, 0.2) is 0 Å². The molecule has 1 atom stereocenters. The van der Waals surface area contributed by atoms with Crippen LogP contribution in [0.3, 0.4) is 0 Å². The predicted molar refractivity (Wildman–Crippen MR) is 133 cm³/mol. The minimum atomic E-state index is -3.92. The second kappa shape index (κ2) is 10.5. The number of carboxylic acid groups (broad SMARTS) is 1. The number of aliphatic carboxylic acids is 1. The number of carboxylic acids is 1. The molecule has 0 radical (unpaired) electrons. The van der Waals surface area contributed by atoms with Crippen molar-refractivity contribution >= 4 is 50.8 Å². The van der Waals surface area contributed by atoms with Crippen LogP contribution in [0.4, 0.5) is 5.69 Å². The lowest BCUT2D eigenvalue weighted by molar-refractivity contribution is -0.140. The van der Waals surface area contributed by atoms with E-state index in [2.05, 4.69) is 10.0 Å². The number of halogens is 2. The van der Waals surface area contributed by atoms with Gasteiger partial charge < -0.3 is 10.4 Å². The lowest BCUT2D eigenvalue weighted by Crippen LogP contribution is -2.44. The first-order valence-corrected chi connectivity index (χ1v) is 12.4. The first kappa shape index (κ1) is 25.6. The summed E-state index contributed by atoms with van der Waals surface area (Å²) in [6, 6.07) is 16.4. The number of anilines is 1. The third-order valence-corrected chi connectivity index (χ3v) is 6.76. The molecule has 0 fully saturated rings. The van der Waals surface area contributed by atoms with E-state index in [9.17, 15) is 23.1 Å². The predicted octanol–water partition coefficient (Wildman–Crippen LogP) is 5.30. The van der Waals surface area contributed by atoms with Crippen LogP contribution in [-0.4, -0.2) is 31.4 Å². The van der Waals surface area contributed by atoms with Gasteiger partial charge in [0.2, 0.25) is 0 Å². The standard InChI is InChI=1S/C24H22Cl2N2O5S/c1-14(2)22(24(30)31)27-23(29)16-8-6-15(7-9-16)17-4-3-5-20(10-17)28-34(32,33)21-12-18(25)11-19(26)13-21/h3-14,22,28H,1-2H3,(H,27,29)(H,30,31). The van der Waals surface area contributed by atoms with E-state index < -0.39 is 27.9 Å². The highest BCUT2D eigenvalue weighted by molar-refractivity contribution is 7.92. The van der Waals surface area contributed by atoms with E-state index in [4.69, 9.17) is 23.2 Å². The van der Waals surface area contributed by atoms with E-state index in [1.54, 1.807) is 62.4 Å². The molecule has 0 spiro atoms. The molecule has 0 aliphatic heterocycles. The number of sulfonamides is 1. The van der Waals surface area contributed by atoms with Crippen molar-refractivity contribution in [2.24, 2.45) is 5.92 Å². The maximum Gasteiger partial charge on any atom is 0.326 e. The molecule has 0 bridgehead atoms. The summed E-state index contributed by atoms with van der Waals surface area (Å²) < 4.78 is 28.0. The third-order valence-electron chi connectivity index (χ3n) is 4.96. The number of carbonyl (C=O) groups is 2. The van der Waals surface area contributed by atoms with Crippen molar-refractivity contribution in [1.82, 2.24) is 5.32 Å². The van der Waals surface area contributed by atoms with Crippen LogP contribution in [0, 0.1) is 5.92 Å². The summed E-state index contributed by atoms with van der Waals surface area (Å²) in [5.41, 5.74) is 2.09. The smallest absolute Gasteiger partial charge is 0.326 e. The summed E-state index contributed by atoms with van der Waals surface area (Å²) in [4.78, 5) is 23.7. The van der Waals surface area contributed by atoms with E-state index in [0.717, 1.165) is 5.56 Å². The number of nitrogens with one attached hydrogen (secondary N) is 2. The number of amides is 1. The molecule has 1 unspecified atom stereocenters. The van der Waals surface area contributed by atoms with Gasteiger partial charge in [-0.2, -0.15) is 0 Å². The Balaban J connectivity index is 1.79. The van der Waals surface area contributed by atoms with E-state index in [0.29, 0.717) is 16.8 Å². The molecule has 10 heteroatoms. The molecule has 0 saturated carbocycles. The number of hydrogen-bond donors (Lipinski definition) is 3. The molecule has 0 saturated heterocycles. The zero-order chi connectivity index (χ0) is 25.0. The van der Waals surface area contributed by atoms with E-state index in [1.165, 1.54) is 18.2 Å². The largest absolute Gasteiger partial charge is 0.480 e. The Bertz CT molecular complexity index is 1310. The third kappa shape index (κ3) is 6.28. The molecule has 34 heavy (non-hydrogen) atoms. The topological polar surface area (TPSA) is 113 Å². The first-order valence-electron chi connectivity index (χ1n) is 10.2. The average Bonchev–Trinajstić information content (AvgIpc) is 2.76. The molecule has 7 nitrogen and oxygen atoms in total. The second-order valence-corrected chi connectivity index (χ2v) is 10.5. The van der Waals surface area contributed by atoms with Crippen LogP contribution >= 0.6 is 23.2 Å². The number of rotatable bonds is 8. The Morgan fingerprint density at radius 3 is 2.06 bits per heavy atom. The fourth-order valence-electron chi connectivity index (χ4n) is 3.21. The number of hydrogen-bond acceptors (Lipinski definition) is 4. The van der Waals surface area contributed by atoms with Crippen molar-refractivity contribution in [3.8, 4) is 11.1 Å². The highest BCUT2D eigenvalue weighted by atomic mass is 35.5. The van der Waals surface area contributed by atoms with Crippen molar-refractivity contribution in [2.75, 3.05) is 4.72 Å². The van der Waals surface area contributed by atoms with Crippen LogP contribution in [0.1, 0.15) is 24.2 Å². The van der Waals surface area contributed by atoms with Crippen LogP contribution < -0.4 is 10.0 Å². The molecule has 3 aromatic carbocycles. The van der Waals surface area contributed by atoms with Gasteiger partial charge in [-0.3, -0.25) is 9.52 Å². The van der Waals surface area contributed by atoms with Gasteiger partial charge in [-0.05, 0) is 59.5 Å². The highest BCUT2D eigenvalue weighted by Crippen LogP contribution is 2.27. The summed E-state index contributed by atoms with van der Waals surface area (Å²) in [5.74, 6) is -1.86. The summed E-state index contributed by atoms with van der Waals surface area (Å²) in [6.45, 7) is 3.43. The van der Waals surface area contributed by atoms with E-state index in [-0.39, 0.29) is 20.9 Å². The molecule has 1 amide bonds. The molecular weight excluding hydrogens is 499 g/mol. The number of benzene rings is 3. The van der Waals surface area contributed by atoms with E-state index >= 15 is 0 Å². The number of carbonyl (C=O) groups excluding carboxylic acids is 1. The SMILES string of the molecule is CC(C)C(NC(=O)c1ccc(-c2cccc(NS(=O)(=O)c3cc(Cl)cc(Cl)c3)c2)cc1)C(=O)O. The van der Waals surface area contributed by atoms with Crippen molar-refractivity contribution in [1.29, 1.82) is 0 Å². The zero-order valence-electron chi connectivity index (χ0n) is 18.2. The van der Waals surface area contributed by atoms with Crippen molar-refractivity contribution in [3.63, 3.8) is 0 Å². The van der Waals surface area contributed by atoms with Crippen LogP contribution in [0.5, 0.6) is 0 Å². The van der Waals surface area contributed by atoms with Gasteiger partial charge in [0.25, 0.3) is 15.9 Å². The first-order chi connectivity index (χ1) is 16.0. The van der Waals surface area contributed by atoms with E-state index in [1.807, 2.05) is 0 Å². The van der Waals surface area contributed by atoms with Crippen molar-refractivity contribution in [2.45, 2.75) is 24.8 Å². The summed E-state index contributed by atoms with van der Waals surface area (Å²) >= 11 is 11.8. The highest BCUT2D eigenvalue weighted by Gasteiger charge is 2.24. The molecule has 0 aliphatic carbocycles. The summed E-state index contributed by atoms with van der Waals surface area (Å²) in [5, 5.41) is 12.2. The molecule has 3 N–H and O–H groups in total. The van der Waals surface area contributed by atoms with Gasteiger partial charge in [0.1, 0.15) is 6.04 Å². The maximum absolute atomic E-state index is 12.7. The Morgan fingerprint density at radius 2 is 1.50 bits per heavy atom. The zero-order valence-corrected chi connectivity index (χ0v) is 20.6. The van der Waals surface area contributed by atoms with Crippen molar-refractivity contribution in [3.05, 3.63) is 82.3 Å². The lowest BCUT2D eigenvalue weighted by atomic mass is 10.0. The normalized spacial score (nSPS) is 12.3. The molecule has 0 aliphatic rings. The van der Waals surface area contributed by atoms with Gasteiger partial charge >= 0.3 is 5.97 Å². The van der Waals surface area contributed by atoms with Gasteiger partial charge in [-0.25, -0.2) is 13.2 Å². The van der Waals surface area contributed by atoms with Crippen LogP contribution in [-0.2, 0) is 14.8 Å². The van der Waals surface area contributed by atoms with Gasteiger partial charge in [0, 0.05) is 21.3 Å². The quantitative estimate of drug-likeness (QED) is 0.373. The molecule has 3 rings (SSSR count). The van der Waals surface area contributed by atoms with Crippen LogP contribution in [0.25, 0.3) is 11.1 Å².